The number of aromatic nitrogens is 3. The van der Waals surface area contributed by atoms with Gasteiger partial charge in [0, 0.05) is 6.54 Å². The number of halogens is 1. The third-order valence-electron chi connectivity index (χ3n) is 2.82. The fourth-order valence-corrected chi connectivity index (χ4v) is 1.86. The van der Waals surface area contributed by atoms with Gasteiger partial charge in [0.2, 0.25) is 0 Å². The van der Waals surface area contributed by atoms with E-state index < -0.39 is 6.10 Å². The standard InChI is InChI=1S/C13H16FN3O/c1-3-6-17-13(15-8-16-17)12(18)10-4-5-11(14)9(2)7-10/h4-5,7-8,12,18H,3,6H2,1-2H3. The molecule has 1 unspecified atom stereocenters. The van der Waals surface area contributed by atoms with Crippen molar-refractivity contribution in [2.45, 2.75) is 32.9 Å². The van der Waals surface area contributed by atoms with Gasteiger partial charge in [-0.25, -0.2) is 14.1 Å². The Balaban J connectivity index is 2.32. The maximum absolute atomic E-state index is 13.2. The van der Waals surface area contributed by atoms with E-state index in [9.17, 15) is 9.50 Å². The smallest absolute Gasteiger partial charge is 0.160 e. The summed E-state index contributed by atoms with van der Waals surface area (Å²) in [6.45, 7) is 4.40. The van der Waals surface area contributed by atoms with Crippen molar-refractivity contribution in [3.05, 3.63) is 47.3 Å². The highest BCUT2D eigenvalue weighted by Crippen LogP contribution is 2.22. The van der Waals surface area contributed by atoms with Crippen LogP contribution >= 0.6 is 0 Å². The van der Waals surface area contributed by atoms with Crippen LogP contribution in [-0.2, 0) is 6.54 Å². The molecule has 1 atom stereocenters. The molecule has 1 N–H and O–H groups in total. The highest BCUT2D eigenvalue weighted by molar-refractivity contribution is 5.28. The molecule has 96 valence electrons. The van der Waals surface area contributed by atoms with Gasteiger partial charge in [0.05, 0.1) is 0 Å². The quantitative estimate of drug-likeness (QED) is 0.903. The van der Waals surface area contributed by atoms with Gasteiger partial charge in [0.15, 0.2) is 5.82 Å². The summed E-state index contributed by atoms with van der Waals surface area (Å²) in [4.78, 5) is 4.07. The Morgan fingerprint density at radius 2 is 2.22 bits per heavy atom. The van der Waals surface area contributed by atoms with Crippen LogP contribution < -0.4 is 0 Å². The molecule has 0 aliphatic heterocycles. The maximum atomic E-state index is 13.2. The van der Waals surface area contributed by atoms with Gasteiger partial charge in [-0.15, -0.1) is 0 Å². The van der Waals surface area contributed by atoms with Crippen LogP contribution in [-0.4, -0.2) is 19.9 Å². The minimum Gasteiger partial charge on any atom is -0.380 e. The molecule has 0 radical (unpaired) electrons. The first-order valence-electron chi connectivity index (χ1n) is 5.95. The molecule has 0 spiro atoms. The molecule has 5 heteroatoms. The molecule has 18 heavy (non-hydrogen) atoms. The van der Waals surface area contributed by atoms with Crippen LogP contribution in [0.15, 0.2) is 24.5 Å². The van der Waals surface area contributed by atoms with Crippen molar-refractivity contribution in [3.63, 3.8) is 0 Å². The van der Waals surface area contributed by atoms with E-state index >= 15 is 0 Å². The fourth-order valence-electron chi connectivity index (χ4n) is 1.86. The van der Waals surface area contributed by atoms with E-state index in [2.05, 4.69) is 10.1 Å². The van der Waals surface area contributed by atoms with E-state index in [-0.39, 0.29) is 5.82 Å². The van der Waals surface area contributed by atoms with Gasteiger partial charge in [-0.3, -0.25) is 0 Å². The van der Waals surface area contributed by atoms with Crippen molar-refractivity contribution >= 4 is 0 Å². The summed E-state index contributed by atoms with van der Waals surface area (Å²) in [6.07, 6.45) is 1.45. The molecule has 1 heterocycles. The third-order valence-corrected chi connectivity index (χ3v) is 2.82. The molecule has 0 saturated carbocycles. The molecule has 2 rings (SSSR count). The van der Waals surface area contributed by atoms with Crippen LogP contribution in [0, 0.1) is 12.7 Å². The molecular weight excluding hydrogens is 233 g/mol. The van der Waals surface area contributed by atoms with Crippen molar-refractivity contribution in [1.29, 1.82) is 0 Å². The van der Waals surface area contributed by atoms with Gasteiger partial charge >= 0.3 is 0 Å². The number of aliphatic hydroxyl groups is 1. The van der Waals surface area contributed by atoms with Gasteiger partial charge in [0.1, 0.15) is 18.2 Å². The molecule has 0 saturated heterocycles. The predicted octanol–water partition coefficient (Wildman–Crippen LogP) is 2.22. The van der Waals surface area contributed by atoms with Crippen molar-refractivity contribution in [2.24, 2.45) is 0 Å². The zero-order valence-electron chi connectivity index (χ0n) is 10.5. The van der Waals surface area contributed by atoms with Crippen LogP contribution in [0.4, 0.5) is 4.39 Å². The Morgan fingerprint density at radius 1 is 1.44 bits per heavy atom. The Kier molecular flexibility index (Phi) is 3.72. The zero-order valence-corrected chi connectivity index (χ0v) is 10.5. The Bertz CT molecular complexity index is 539. The average molecular weight is 249 g/mol. The topological polar surface area (TPSA) is 50.9 Å². The Labute approximate surface area is 105 Å². The molecule has 0 fully saturated rings. The normalized spacial score (nSPS) is 12.7. The van der Waals surface area contributed by atoms with Crippen LogP contribution in [0.3, 0.4) is 0 Å². The highest BCUT2D eigenvalue weighted by Gasteiger charge is 2.17. The Hall–Kier alpha value is -1.75. The van der Waals surface area contributed by atoms with E-state index in [0.717, 1.165) is 6.42 Å². The van der Waals surface area contributed by atoms with Crippen LogP contribution in [0.25, 0.3) is 0 Å². The van der Waals surface area contributed by atoms with E-state index in [0.29, 0.717) is 23.5 Å². The number of aryl methyl sites for hydroxylation is 2. The number of hydrogen-bond acceptors (Lipinski definition) is 3. The van der Waals surface area contributed by atoms with Crippen LogP contribution in [0.2, 0.25) is 0 Å². The van der Waals surface area contributed by atoms with Gasteiger partial charge < -0.3 is 5.11 Å². The lowest BCUT2D eigenvalue weighted by molar-refractivity contribution is 0.202. The predicted molar refractivity (Wildman–Crippen MR) is 65.5 cm³/mol. The van der Waals surface area contributed by atoms with Gasteiger partial charge in [0.25, 0.3) is 0 Å². The van der Waals surface area contributed by atoms with Crippen LogP contribution in [0.1, 0.15) is 36.4 Å². The summed E-state index contributed by atoms with van der Waals surface area (Å²) >= 11 is 0. The van der Waals surface area contributed by atoms with E-state index in [1.807, 2.05) is 6.92 Å². The van der Waals surface area contributed by atoms with Gasteiger partial charge in [-0.1, -0.05) is 19.1 Å². The Morgan fingerprint density at radius 3 is 2.89 bits per heavy atom. The van der Waals surface area contributed by atoms with Crippen molar-refractivity contribution in [3.8, 4) is 0 Å². The van der Waals surface area contributed by atoms with E-state index in [4.69, 9.17) is 0 Å². The van der Waals surface area contributed by atoms with Gasteiger partial charge in [-0.05, 0) is 30.5 Å². The summed E-state index contributed by atoms with van der Waals surface area (Å²) in [5.74, 6) is 0.212. The lowest BCUT2D eigenvalue weighted by Gasteiger charge is -2.12. The molecule has 0 aliphatic rings. The lowest BCUT2D eigenvalue weighted by atomic mass is 10.1. The van der Waals surface area contributed by atoms with Crippen LogP contribution in [0.5, 0.6) is 0 Å². The summed E-state index contributed by atoms with van der Waals surface area (Å²) in [6, 6.07) is 4.55. The number of nitrogens with zero attached hydrogens (tertiary/aromatic N) is 3. The van der Waals surface area contributed by atoms with E-state index in [1.165, 1.54) is 12.4 Å². The SMILES string of the molecule is CCCn1ncnc1C(O)c1ccc(F)c(C)c1. The summed E-state index contributed by atoms with van der Waals surface area (Å²) in [5.41, 5.74) is 1.13. The second-order valence-electron chi connectivity index (χ2n) is 4.25. The van der Waals surface area contributed by atoms with Crippen molar-refractivity contribution < 1.29 is 9.50 Å². The summed E-state index contributed by atoms with van der Waals surface area (Å²) < 4.78 is 14.9. The molecule has 0 amide bonds. The fraction of sp³-hybridized carbons (Fsp3) is 0.385. The summed E-state index contributed by atoms with van der Waals surface area (Å²) in [7, 11) is 0. The van der Waals surface area contributed by atoms with Crippen molar-refractivity contribution in [2.75, 3.05) is 0 Å². The third kappa shape index (κ3) is 2.41. The largest absolute Gasteiger partial charge is 0.380 e. The number of aliphatic hydroxyl groups excluding tert-OH is 1. The first kappa shape index (κ1) is 12.7. The molecule has 0 bridgehead atoms. The average Bonchev–Trinajstić information content (AvgIpc) is 2.80. The maximum Gasteiger partial charge on any atom is 0.160 e. The molecular formula is C13H16FN3O. The number of rotatable bonds is 4. The number of hydrogen-bond donors (Lipinski definition) is 1. The van der Waals surface area contributed by atoms with Gasteiger partial charge in [-0.2, -0.15) is 5.10 Å². The zero-order chi connectivity index (χ0) is 13.1. The van der Waals surface area contributed by atoms with E-state index in [1.54, 1.807) is 23.7 Å². The summed E-state index contributed by atoms with van der Waals surface area (Å²) in [5, 5.41) is 14.3. The minimum absolute atomic E-state index is 0.277. The highest BCUT2D eigenvalue weighted by atomic mass is 19.1. The second-order valence-corrected chi connectivity index (χ2v) is 4.25. The first-order valence-corrected chi connectivity index (χ1v) is 5.95. The molecule has 4 nitrogen and oxygen atoms in total. The molecule has 1 aromatic heterocycles. The van der Waals surface area contributed by atoms with Crippen molar-refractivity contribution in [1.82, 2.24) is 14.8 Å². The minimum atomic E-state index is -0.877. The number of benzene rings is 1. The second kappa shape index (κ2) is 5.27. The molecule has 2 aromatic rings. The molecule has 1 aromatic carbocycles. The lowest BCUT2D eigenvalue weighted by Crippen LogP contribution is -2.11. The first-order chi connectivity index (χ1) is 8.63. The monoisotopic (exact) mass is 249 g/mol. The molecule has 0 aliphatic carbocycles.